The summed E-state index contributed by atoms with van der Waals surface area (Å²) in [6, 6.07) is 0. The van der Waals surface area contributed by atoms with Gasteiger partial charge in [0.15, 0.2) is 11.7 Å². The quantitative estimate of drug-likeness (QED) is 0.580. The van der Waals surface area contributed by atoms with Crippen LogP contribution in [-0.4, -0.2) is 17.9 Å². The molecule has 3 heteroatoms. The third kappa shape index (κ3) is 1.97. The third-order valence-electron chi connectivity index (χ3n) is 3.29. The summed E-state index contributed by atoms with van der Waals surface area (Å²) < 4.78 is 10.7. The van der Waals surface area contributed by atoms with E-state index < -0.39 is 11.8 Å². The molecule has 0 saturated carbocycles. The lowest BCUT2D eigenvalue weighted by atomic mass is 9.67. The maximum Gasteiger partial charge on any atom is 0.509 e. The molecule has 1 rings (SSSR count). The minimum atomic E-state index is -0.567. The van der Waals surface area contributed by atoms with Gasteiger partial charge in [-0.2, -0.15) is 0 Å². The first-order valence-electron chi connectivity index (χ1n) is 5.38. The second kappa shape index (κ2) is 3.13. The molecule has 1 fully saturated rings. The Kier molecular flexibility index (Phi) is 2.57. The van der Waals surface area contributed by atoms with Crippen LogP contribution in [0.4, 0.5) is 4.79 Å². The normalized spacial score (nSPS) is 32.5. The fourth-order valence-electron chi connectivity index (χ4n) is 2.01. The third-order valence-corrected chi connectivity index (χ3v) is 3.29. The largest absolute Gasteiger partial charge is 0.509 e. The standard InChI is InChI=1S/C12H22O3/c1-10(2,3)8-12(7,11(4,5)6)15-9(13)14-8/h8H,1-7H3/t8?,12-/m0/s1. The van der Waals surface area contributed by atoms with Crippen LogP contribution >= 0.6 is 0 Å². The van der Waals surface area contributed by atoms with Crippen molar-refractivity contribution >= 4 is 6.16 Å². The summed E-state index contributed by atoms with van der Waals surface area (Å²) in [7, 11) is 0. The van der Waals surface area contributed by atoms with Gasteiger partial charge in [0, 0.05) is 10.8 Å². The fourth-order valence-corrected chi connectivity index (χ4v) is 2.01. The van der Waals surface area contributed by atoms with Gasteiger partial charge in [-0.15, -0.1) is 0 Å². The van der Waals surface area contributed by atoms with Gasteiger partial charge in [-0.3, -0.25) is 0 Å². The molecular weight excluding hydrogens is 192 g/mol. The van der Waals surface area contributed by atoms with Crippen LogP contribution < -0.4 is 0 Å². The summed E-state index contributed by atoms with van der Waals surface area (Å²) in [5, 5.41) is 0. The van der Waals surface area contributed by atoms with E-state index >= 15 is 0 Å². The van der Waals surface area contributed by atoms with Crippen LogP contribution in [0, 0.1) is 10.8 Å². The Hall–Kier alpha value is -0.730. The van der Waals surface area contributed by atoms with Crippen molar-refractivity contribution in [2.75, 3.05) is 0 Å². The molecule has 1 heterocycles. The highest BCUT2D eigenvalue weighted by atomic mass is 16.8. The molecule has 0 aliphatic carbocycles. The van der Waals surface area contributed by atoms with Gasteiger partial charge in [0.2, 0.25) is 0 Å². The summed E-state index contributed by atoms with van der Waals surface area (Å²) in [5.74, 6) is 0. The molecule has 0 spiro atoms. The van der Waals surface area contributed by atoms with Gasteiger partial charge in [0.25, 0.3) is 0 Å². The molecule has 15 heavy (non-hydrogen) atoms. The molecule has 0 aromatic heterocycles. The Morgan fingerprint density at radius 3 is 1.87 bits per heavy atom. The van der Waals surface area contributed by atoms with Crippen molar-refractivity contribution < 1.29 is 14.3 Å². The number of carbonyl (C=O) groups is 1. The van der Waals surface area contributed by atoms with Gasteiger partial charge in [0.1, 0.15) is 0 Å². The topological polar surface area (TPSA) is 35.5 Å². The Labute approximate surface area is 92.1 Å². The fraction of sp³-hybridized carbons (Fsp3) is 0.917. The lowest BCUT2D eigenvalue weighted by Gasteiger charge is -2.43. The minimum absolute atomic E-state index is 0.117. The van der Waals surface area contributed by atoms with Crippen LogP contribution in [0.5, 0.6) is 0 Å². The van der Waals surface area contributed by atoms with Crippen LogP contribution in [0.15, 0.2) is 0 Å². The molecule has 2 atom stereocenters. The summed E-state index contributed by atoms with van der Waals surface area (Å²) in [6.07, 6.45) is -0.759. The first-order chi connectivity index (χ1) is 6.48. The smallest absolute Gasteiger partial charge is 0.426 e. The molecule has 3 nitrogen and oxygen atoms in total. The van der Waals surface area contributed by atoms with Gasteiger partial charge in [0.05, 0.1) is 0 Å². The predicted octanol–water partition coefficient (Wildman–Crippen LogP) is 3.37. The van der Waals surface area contributed by atoms with Gasteiger partial charge >= 0.3 is 6.16 Å². The van der Waals surface area contributed by atoms with E-state index in [1.54, 1.807) is 0 Å². The van der Waals surface area contributed by atoms with Crippen molar-refractivity contribution in [3.05, 3.63) is 0 Å². The maximum atomic E-state index is 11.3. The van der Waals surface area contributed by atoms with Crippen LogP contribution in [0.1, 0.15) is 48.5 Å². The number of hydrogen-bond donors (Lipinski definition) is 0. The molecule has 0 bridgehead atoms. The number of ether oxygens (including phenoxy) is 2. The van der Waals surface area contributed by atoms with Crippen molar-refractivity contribution in [1.82, 2.24) is 0 Å². The van der Waals surface area contributed by atoms with Crippen LogP contribution in [-0.2, 0) is 9.47 Å². The van der Waals surface area contributed by atoms with Crippen LogP contribution in [0.2, 0.25) is 0 Å². The van der Waals surface area contributed by atoms with Gasteiger partial charge in [-0.25, -0.2) is 4.79 Å². The zero-order valence-corrected chi connectivity index (χ0v) is 10.8. The lowest BCUT2D eigenvalue weighted by Crippen LogP contribution is -2.53. The van der Waals surface area contributed by atoms with E-state index in [-0.39, 0.29) is 16.9 Å². The SMILES string of the molecule is CC(C)(C)C1OC(=O)O[C@]1(C)C(C)(C)C. The van der Waals surface area contributed by atoms with E-state index in [4.69, 9.17) is 9.47 Å². The summed E-state index contributed by atoms with van der Waals surface area (Å²) in [5.41, 5.74) is -0.826. The molecule has 88 valence electrons. The van der Waals surface area contributed by atoms with E-state index in [1.807, 2.05) is 6.92 Å². The summed E-state index contributed by atoms with van der Waals surface area (Å²) >= 11 is 0. The van der Waals surface area contributed by atoms with E-state index in [2.05, 4.69) is 41.5 Å². The highest BCUT2D eigenvalue weighted by molar-refractivity contribution is 5.64. The number of cyclic esters (lactones) is 2. The molecular formula is C12H22O3. The molecule has 0 N–H and O–H groups in total. The Bertz CT molecular complexity index is 270. The molecule has 0 aromatic carbocycles. The average molecular weight is 214 g/mol. The highest BCUT2D eigenvalue weighted by Gasteiger charge is 2.58. The Morgan fingerprint density at radius 2 is 1.60 bits per heavy atom. The van der Waals surface area contributed by atoms with Crippen molar-refractivity contribution in [2.45, 2.75) is 60.2 Å². The monoisotopic (exact) mass is 214 g/mol. The second-order valence-electron chi connectivity index (χ2n) is 6.57. The Balaban J connectivity index is 3.12. The average Bonchev–Trinajstić information content (AvgIpc) is 2.24. The van der Waals surface area contributed by atoms with E-state index in [0.717, 1.165) is 0 Å². The highest BCUT2D eigenvalue weighted by Crippen LogP contribution is 2.47. The molecule has 0 amide bonds. The molecule has 0 aromatic rings. The first-order valence-corrected chi connectivity index (χ1v) is 5.38. The van der Waals surface area contributed by atoms with Crippen molar-refractivity contribution in [3.63, 3.8) is 0 Å². The number of carbonyl (C=O) groups excluding carboxylic acids is 1. The predicted molar refractivity (Wildman–Crippen MR) is 58.7 cm³/mol. The summed E-state index contributed by atoms with van der Waals surface area (Å²) in [4.78, 5) is 11.3. The van der Waals surface area contributed by atoms with Crippen molar-refractivity contribution in [2.24, 2.45) is 10.8 Å². The van der Waals surface area contributed by atoms with E-state index in [0.29, 0.717) is 0 Å². The second-order valence-corrected chi connectivity index (χ2v) is 6.57. The Morgan fingerprint density at radius 1 is 1.13 bits per heavy atom. The van der Waals surface area contributed by atoms with Crippen LogP contribution in [0.25, 0.3) is 0 Å². The molecule has 1 aliphatic heterocycles. The first kappa shape index (κ1) is 12.3. The van der Waals surface area contributed by atoms with Gasteiger partial charge in [-0.1, -0.05) is 41.5 Å². The summed E-state index contributed by atoms with van der Waals surface area (Å²) in [6.45, 7) is 14.3. The van der Waals surface area contributed by atoms with Crippen LogP contribution in [0.3, 0.4) is 0 Å². The molecule has 1 saturated heterocycles. The van der Waals surface area contributed by atoms with E-state index in [1.165, 1.54) is 0 Å². The zero-order chi connectivity index (χ0) is 12.1. The maximum absolute atomic E-state index is 11.3. The number of rotatable bonds is 0. The minimum Gasteiger partial charge on any atom is -0.426 e. The molecule has 1 unspecified atom stereocenters. The van der Waals surface area contributed by atoms with Crippen molar-refractivity contribution in [3.8, 4) is 0 Å². The van der Waals surface area contributed by atoms with E-state index in [9.17, 15) is 4.79 Å². The lowest BCUT2D eigenvalue weighted by molar-refractivity contribution is -0.0816. The van der Waals surface area contributed by atoms with Crippen molar-refractivity contribution in [1.29, 1.82) is 0 Å². The van der Waals surface area contributed by atoms with Gasteiger partial charge < -0.3 is 9.47 Å². The van der Waals surface area contributed by atoms with Gasteiger partial charge in [-0.05, 0) is 6.92 Å². The molecule has 0 radical (unpaired) electrons. The number of hydrogen-bond acceptors (Lipinski definition) is 3. The zero-order valence-electron chi connectivity index (χ0n) is 10.8. The molecule has 1 aliphatic rings.